The molecule has 0 aromatic rings. The standard InChI is InChI=1S/C11H26N2O/c1-10(6-9-13(4)5)12-8-7-11(2,3)14/h10,12,14H,6-9H2,1-5H3. The van der Waals surface area contributed by atoms with Crippen molar-refractivity contribution in [3.63, 3.8) is 0 Å². The van der Waals surface area contributed by atoms with Gasteiger partial charge in [0.15, 0.2) is 0 Å². The predicted octanol–water partition coefficient (Wildman–Crippen LogP) is 1.08. The molecular weight excluding hydrogens is 176 g/mol. The van der Waals surface area contributed by atoms with Crippen LogP contribution in [0.4, 0.5) is 0 Å². The number of hydrogen-bond acceptors (Lipinski definition) is 3. The first kappa shape index (κ1) is 13.9. The maximum Gasteiger partial charge on any atom is 0.0603 e. The van der Waals surface area contributed by atoms with E-state index in [9.17, 15) is 5.11 Å². The summed E-state index contributed by atoms with van der Waals surface area (Å²) >= 11 is 0. The summed E-state index contributed by atoms with van der Waals surface area (Å²) < 4.78 is 0. The summed E-state index contributed by atoms with van der Waals surface area (Å²) in [5.41, 5.74) is -0.547. The Morgan fingerprint density at radius 1 is 1.36 bits per heavy atom. The lowest BCUT2D eigenvalue weighted by Gasteiger charge is -2.20. The number of rotatable bonds is 7. The van der Waals surface area contributed by atoms with Gasteiger partial charge in [-0.15, -0.1) is 0 Å². The van der Waals surface area contributed by atoms with E-state index in [0.29, 0.717) is 6.04 Å². The summed E-state index contributed by atoms with van der Waals surface area (Å²) in [6.45, 7) is 7.88. The fraction of sp³-hybridized carbons (Fsp3) is 1.00. The number of hydrogen-bond donors (Lipinski definition) is 2. The van der Waals surface area contributed by atoms with Gasteiger partial charge in [0.05, 0.1) is 5.60 Å². The van der Waals surface area contributed by atoms with Gasteiger partial charge in [-0.2, -0.15) is 0 Å². The van der Waals surface area contributed by atoms with E-state index in [1.165, 1.54) is 0 Å². The third kappa shape index (κ3) is 9.96. The molecule has 0 aliphatic heterocycles. The van der Waals surface area contributed by atoms with Crippen molar-refractivity contribution in [3.8, 4) is 0 Å². The van der Waals surface area contributed by atoms with Crippen LogP contribution in [0.3, 0.4) is 0 Å². The summed E-state index contributed by atoms with van der Waals surface area (Å²) in [5.74, 6) is 0. The van der Waals surface area contributed by atoms with Crippen molar-refractivity contribution >= 4 is 0 Å². The van der Waals surface area contributed by atoms with Crippen molar-refractivity contribution in [1.29, 1.82) is 0 Å². The molecule has 0 aliphatic rings. The van der Waals surface area contributed by atoms with Gasteiger partial charge in [-0.3, -0.25) is 0 Å². The van der Waals surface area contributed by atoms with Crippen molar-refractivity contribution in [2.24, 2.45) is 0 Å². The lowest BCUT2D eigenvalue weighted by atomic mass is 10.1. The molecular formula is C11H26N2O. The number of nitrogens with zero attached hydrogens (tertiary/aromatic N) is 1. The molecule has 0 fully saturated rings. The average Bonchev–Trinajstić information content (AvgIpc) is 1.98. The zero-order chi connectivity index (χ0) is 11.2. The highest BCUT2D eigenvalue weighted by atomic mass is 16.3. The lowest BCUT2D eigenvalue weighted by molar-refractivity contribution is 0.0704. The van der Waals surface area contributed by atoms with E-state index in [4.69, 9.17) is 0 Å². The zero-order valence-corrected chi connectivity index (χ0v) is 10.3. The molecule has 0 radical (unpaired) electrons. The number of nitrogens with one attached hydrogen (secondary N) is 1. The molecule has 3 heteroatoms. The van der Waals surface area contributed by atoms with Gasteiger partial charge >= 0.3 is 0 Å². The van der Waals surface area contributed by atoms with Crippen molar-refractivity contribution < 1.29 is 5.11 Å². The minimum atomic E-state index is -0.547. The van der Waals surface area contributed by atoms with Gasteiger partial charge in [-0.1, -0.05) is 0 Å². The highest BCUT2D eigenvalue weighted by Gasteiger charge is 2.12. The summed E-state index contributed by atoms with van der Waals surface area (Å²) in [6, 6.07) is 0.528. The van der Waals surface area contributed by atoms with Crippen LogP contribution in [0, 0.1) is 0 Å². The van der Waals surface area contributed by atoms with Crippen molar-refractivity contribution in [2.75, 3.05) is 27.2 Å². The molecule has 0 saturated carbocycles. The molecule has 3 nitrogen and oxygen atoms in total. The van der Waals surface area contributed by atoms with Gasteiger partial charge in [0.1, 0.15) is 0 Å². The minimum absolute atomic E-state index is 0.528. The predicted molar refractivity (Wildman–Crippen MR) is 61.6 cm³/mol. The van der Waals surface area contributed by atoms with Crippen LogP contribution in [-0.2, 0) is 0 Å². The van der Waals surface area contributed by atoms with Crippen LogP contribution < -0.4 is 5.32 Å². The second-order valence-corrected chi connectivity index (χ2v) is 5.01. The van der Waals surface area contributed by atoms with Gasteiger partial charge in [-0.25, -0.2) is 0 Å². The topological polar surface area (TPSA) is 35.5 Å². The fourth-order valence-corrected chi connectivity index (χ4v) is 1.18. The fourth-order valence-electron chi connectivity index (χ4n) is 1.18. The molecule has 0 aliphatic carbocycles. The molecule has 1 unspecified atom stereocenters. The third-order valence-electron chi connectivity index (χ3n) is 2.24. The molecule has 0 saturated heterocycles. The molecule has 0 spiro atoms. The van der Waals surface area contributed by atoms with Crippen molar-refractivity contribution in [1.82, 2.24) is 10.2 Å². The highest BCUT2D eigenvalue weighted by Crippen LogP contribution is 2.05. The third-order valence-corrected chi connectivity index (χ3v) is 2.24. The SMILES string of the molecule is CC(CCN(C)C)NCCC(C)(C)O. The molecule has 0 bridgehead atoms. The van der Waals surface area contributed by atoms with Crippen LogP contribution in [0.5, 0.6) is 0 Å². The van der Waals surface area contributed by atoms with E-state index in [1.54, 1.807) is 0 Å². The quantitative estimate of drug-likeness (QED) is 0.648. The molecule has 0 heterocycles. The molecule has 1 atom stereocenters. The van der Waals surface area contributed by atoms with Gasteiger partial charge < -0.3 is 15.3 Å². The first-order valence-electron chi connectivity index (χ1n) is 5.42. The monoisotopic (exact) mass is 202 g/mol. The molecule has 0 amide bonds. The van der Waals surface area contributed by atoms with Gasteiger partial charge in [0.2, 0.25) is 0 Å². The van der Waals surface area contributed by atoms with E-state index >= 15 is 0 Å². The van der Waals surface area contributed by atoms with E-state index < -0.39 is 5.60 Å². The molecule has 0 rings (SSSR count). The Bertz CT molecular complexity index is 141. The van der Waals surface area contributed by atoms with E-state index in [2.05, 4.69) is 31.2 Å². The smallest absolute Gasteiger partial charge is 0.0603 e. The Morgan fingerprint density at radius 3 is 2.36 bits per heavy atom. The first-order chi connectivity index (χ1) is 6.31. The minimum Gasteiger partial charge on any atom is -0.390 e. The van der Waals surface area contributed by atoms with E-state index in [0.717, 1.165) is 25.9 Å². The lowest BCUT2D eigenvalue weighted by Crippen LogP contribution is -2.34. The van der Waals surface area contributed by atoms with Gasteiger partial charge in [0, 0.05) is 6.04 Å². The second-order valence-electron chi connectivity index (χ2n) is 5.01. The molecule has 0 aromatic heterocycles. The summed E-state index contributed by atoms with van der Waals surface area (Å²) in [5, 5.41) is 12.9. The summed E-state index contributed by atoms with van der Waals surface area (Å²) in [7, 11) is 4.17. The summed E-state index contributed by atoms with van der Waals surface area (Å²) in [4.78, 5) is 2.19. The Hall–Kier alpha value is -0.120. The van der Waals surface area contributed by atoms with Crippen LogP contribution in [0.2, 0.25) is 0 Å². The van der Waals surface area contributed by atoms with Crippen LogP contribution in [0.15, 0.2) is 0 Å². The second kappa shape index (κ2) is 6.38. The normalized spacial score (nSPS) is 14.8. The first-order valence-corrected chi connectivity index (χ1v) is 5.42. The van der Waals surface area contributed by atoms with E-state index in [-0.39, 0.29) is 0 Å². The maximum absolute atomic E-state index is 9.50. The van der Waals surface area contributed by atoms with Crippen LogP contribution in [0.1, 0.15) is 33.6 Å². The van der Waals surface area contributed by atoms with Gasteiger partial charge in [0.25, 0.3) is 0 Å². The molecule has 86 valence electrons. The Morgan fingerprint density at radius 2 is 1.93 bits per heavy atom. The highest BCUT2D eigenvalue weighted by molar-refractivity contribution is 4.69. The van der Waals surface area contributed by atoms with Crippen LogP contribution in [-0.4, -0.2) is 48.8 Å². The maximum atomic E-state index is 9.50. The largest absolute Gasteiger partial charge is 0.390 e. The molecule has 14 heavy (non-hydrogen) atoms. The zero-order valence-electron chi connectivity index (χ0n) is 10.3. The van der Waals surface area contributed by atoms with Gasteiger partial charge in [-0.05, 0) is 60.8 Å². The van der Waals surface area contributed by atoms with Crippen LogP contribution in [0.25, 0.3) is 0 Å². The van der Waals surface area contributed by atoms with E-state index in [1.807, 2.05) is 13.8 Å². The Labute approximate surface area is 88.5 Å². The van der Waals surface area contributed by atoms with Crippen LogP contribution >= 0.6 is 0 Å². The molecule has 2 N–H and O–H groups in total. The Balaban J connectivity index is 3.40. The Kier molecular flexibility index (Phi) is 6.33. The van der Waals surface area contributed by atoms with Crippen molar-refractivity contribution in [3.05, 3.63) is 0 Å². The van der Waals surface area contributed by atoms with Crippen molar-refractivity contribution in [2.45, 2.75) is 45.3 Å². The average molecular weight is 202 g/mol. The summed E-state index contributed by atoms with van der Waals surface area (Å²) in [6.07, 6.45) is 1.96. The molecule has 0 aromatic carbocycles. The number of aliphatic hydroxyl groups is 1.